The summed E-state index contributed by atoms with van der Waals surface area (Å²) in [5, 5.41) is 2.71. The normalized spacial score (nSPS) is 16.4. The maximum atomic E-state index is 11.7. The Morgan fingerprint density at radius 1 is 1.05 bits per heavy atom. The van der Waals surface area contributed by atoms with Gasteiger partial charge in [-0.25, -0.2) is 9.59 Å². The summed E-state index contributed by atoms with van der Waals surface area (Å²) in [6, 6.07) is 0. The van der Waals surface area contributed by atoms with E-state index in [4.69, 9.17) is 9.47 Å². The average molecular weight is 286 g/mol. The van der Waals surface area contributed by atoms with Crippen molar-refractivity contribution in [1.82, 2.24) is 10.2 Å². The largest absolute Gasteiger partial charge is 0.444 e. The molecule has 0 aliphatic carbocycles. The van der Waals surface area contributed by atoms with E-state index < -0.39 is 17.3 Å². The number of hydrogen-bond donors (Lipinski definition) is 1. The van der Waals surface area contributed by atoms with E-state index in [0.29, 0.717) is 19.6 Å². The van der Waals surface area contributed by atoms with Gasteiger partial charge in [-0.3, -0.25) is 0 Å². The van der Waals surface area contributed by atoms with Gasteiger partial charge in [0.25, 0.3) is 0 Å². The van der Waals surface area contributed by atoms with Crippen LogP contribution in [-0.2, 0) is 9.47 Å². The van der Waals surface area contributed by atoms with Gasteiger partial charge in [-0.15, -0.1) is 0 Å². The number of hydrogen-bond acceptors (Lipinski definition) is 4. The summed E-state index contributed by atoms with van der Waals surface area (Å²) in [5.41, 5.74) is -0.969. The predicted molar refractivity (Wildman–Crippen MR) is 75.5 cm³/mol. The molecule has 20 heavy (non-hydrogen) atoms. The highest BCUT2D eigenvalue weighted by molar-refractivity contribution is 5.69. The summed E-state index contributed by atoms with van der Waals surface area (Å²) in [6.45, 7) is 12.7. The van der Waals surface area contributed by atoms with Gasteiger partial charge in [0.05, 0.1) is 0 Å². The first-order chi connectivity index (χ1) is 8.96. The topological polar surface area (TPSA) is 67.9 Å². The highest BCUT2D eigenvalue weighted by Crippen LogP contribution is 2.19. The molecule has 1 heterocycles. The van der Waals surface area contributed by atoms with Crippen molar-refractivity contribution in [2.45, 2.75) is 52.7 Å². The molecule has 1 aliphatic rings. The molecule has 116 valence electrons. The van der Waals surface area contributed by atoms with Crippen LogP contribution in [0.15, 0.2) is 0 Å². The van der Waals surface area contributed by atoms with Crippen LogP contribution < -0.4 is 5.32 Å². The lowest BCUT2D eigenvalue weighted by Gasteiger charge is -2.39. The Hall–Kier alpha value is -1.46. The van der Waals surface area contributed by atoms with Crippen LogP contribution in [0.3, 0.4) is 0 Å². The van der Waals surface area contributed by atoms with E-state index in [1.54, 1.807) is 4.90 Å². The molecule has 0 aromatic carbocycles. The lowest BCUT2D eigenvalue weighted by molar-refractivity contribution is -0.00131. The van der Waals surface area contributed by atoms with Gasteiger partial charge in [0.1, 0.15) is 11.2 Å². The first-order valence-corrected chi connectivity index (χ1v) is 6.91. The molecule has 0 saturated carbocycles. The van der Waals surface area contributed by atoms with Crippen LogP contribution >= 0.6 is 0 Å². The lowest BCUT2D eigenvalue weighted by atomic mass is 10.0. The molecule has 0 radical (unpaired) electrons. The molecule has 2 amide bonds. The molecule has 6 heteroatoms. The van der Waals surface area contributed by atoms with Crippen molar-refractivity contribution in [3.63, 3.8) is 0 Å². The number of carbonyl (C=O) groups excluding carboxylic acids is 2. The van der Waals surface area contributed by atoms with Crippen LogP contribution in [0.5, 0.6) is 0 Å². The molecule has 0 bridgehead atoms. The maximum absolute atomic E-state index is 11.7. The summed E-state index contributed by atoms with van der Waals surface area (Å²) in [6.07, 6.45) is -0.723. The van der Waals surface area contributed by atoms with Gasteiger partial charge >= 0.3 is 12.2 Å². The fraction of sp³-hybridized carbons (Fsp3) is 0.857. The third kappa shape index (κ3) is 6.12. The summed E-state index contributed by atoms with van der Waals surface area (Å²) in [4.78, 5) is 24.8. The highest BCUT2D eigenvalue weighted by atomic mass is 16.6. The maximum Gasteiger partial charge on any atom is 0.410 e. The molecule has 0 spiro atoms. The minimum absolute atomic E-state index is 0.259. The molecule has 6 nitrogen and oxygen atoms in total. The number of alkyl carbamates (subject to hydrolysis) is 1. The molecular formula is C14H26N2O4. The van der Waals surface area contributed by atoms with Crippen molar-refractivity contribution in [1.29, 1.82) is 0 Å². The Labute approximate surface area is 120 Å². The standard InChI is InChI=1S/C14H26N2O4/c1-13(2,3)19-11(17)15-7-10-8-16(9-10)12(18)20-14(4,5)6/h10H,7-9H2,1-6H3,(H,15,17). The first kappa shape index (κ1) is 16.6. The Kier molecular flexibility index (Phi) is 4.89. The van der Waals surface area contributed by atoms with Crippen molar-refractivity contribution in [3.05, 3.63) is 0 Å². The molecular weight excluding hydrogens is 260 g/mol. The van der Waals surface area contributed by atoms with Gasteiger partial charge < -0.3 is 19.7 Å². The van der Waals surface area contributed by atoms with Crippen molar-refractivity contribution in [3.8, 4) is 0 Å². The van der Waals surface area contributed by atoms with E-state index in [1.165, 1.54) is 0 Å². The van der Waals surface area contributed by atoms with Crippen molar-refractivity contribution in [2.75, 3.05) is 19.6 Å². The molecule has 1 saturated heterocycles. The minimum Gasteiger partial charge on any atom is -0.444 e. The number of rotatable bonds is 2. The monoisotopic (exact) mass is 286 g/mol. The van der Waals surface area contributed by atoms with E-state index in [9.17, 15) is 9.59 Å². The highest BCUT2D eigenvalue weighted by Gasteiger charge is 2.33. The zero-order valence-electron chi connectivity index (χ0n) is 13.3. The van der Waals surface area contributed by atoms with Gasteiger partial charge in [-0.05, 0) is 41.5 Å². The molecule has 0 aromatic heterocycles. The molecule has 1 aliphatic heterocycles. The van der Waals surface area contributed by atoms with Crippen LogP contribution in [-0.4, -0.2) is 47.9 Å². The minimum atomic E-state index is -0.494. The number of nitrogens with zero attached hydrogens (tertiary/aromatic N) is 1. The quantitative estimate of drug-likeness (QED) is 0.846. The second-order valence-electron chi connectivity index (χ2n) is 7.13. The van der Waals surface area contributed by atoms with Gasteiger partial charge in [0.15, 0.2) is 0 Å². The van der Waals surface area contributed by atoms with E-state index in [0.717, 1.165) is 0 Å². The van der Waals surface area contributed by atoms with Crippen LogP contribution in [0.2, 0.25) is 0 Å². The second-order valence-corrected chi connectivity index (χ2v) is 7.13. The zero-order valence-corrected chi connectivity index (χ0v) is 13.3. The molecule has 0 atom stereocenters. The SMILES string of the molecule is CC(C)(C)OC(=O)NCC1CN(C(=O)OC(C)(C)C)C1. The number of ether oxygens (including phenoxy) is 2. The second kappa shape index (κ2) is 5.89. The summed E-state index contributed by atoms with van der Waals surface area (Å²) >= 11 is 0. The van der Waals surface area contributed by atoms with Crippen LogP contribution in [0, 0.1) is 5.92 Å². The van der Waals surface area contributed by atoms with Crippen LogP contribution in [0.25, 0.3) is 0 Å². The smallest absolute Gasteiger partial charge is 0.410 e. The van der Waals surface area contributed by atoms with E-state index in [1.807, 2.05) is 41.5 Å². The molecule has 0 aromatic rings. The van der Waals surface area contributed by atoms with Gasteiger partial charge in [-0.2, -0.15) is 0 Å². The number of carbonyl (C=O) groups is 2. The van der Waals surface area contributed by atoms with E-state index in [-0.39, 0.29) is 12.0 Å². The molecule has 1 N–H and O–H groups in total. The van der Waals surface area contributed by atoms with Crippen molar-refractivity contribution < 1.29 is 19.1 Å². The summed E-state index contributed by atoms with van der Waals surface area (Å²) in [5.74, 6) is 0.259. The molecule has 1 rings (SSSR count). The van der Waals surface area contributed by atoms with Gasteiger partial charge in [-0.1, -0.05) is 0 Å². The zero-order chi connectivity index (χ0) is 15.6. The van der Waals surface area contributed by atoms with E-state index >= 15 is 0 Å². The van der Waals surface area contributed by atoms with Gasteiger partial charge in [0.2, 0.25) is 0 Å². The third-order valence-corrected chi connectivity index (χ3v) is 2.54. The predicted octanol–water partition coefficient (Wildman–Crippen LogP) is 2.38. The number of likely N-dealkylation sites (tertiary alicyclic amines) is 1. The summed E-state index contributed by atoms with van der Waals surface area (Å²) < 4.78 is 10.4. The van der Waals surface area contributed by atoms with E-state index in [2.05, 4.69) is 5.32 Å². The first-order valence-electron chi connectivity index (χ1n) is 6.91. The Morgan fingerprint density at radius 3 is 2.00 bits per heavy atom. The average Bonchev–Trinajstić information content (AvgIpc) is 2.08. The van der Waals surface area contributed by atoms with Crippen LogP contribution in [0.4, 0.5) is 9.59 Å². The fourth-order valence-corrected chi connectivity index (χ4v) is 1.72. The lowest BCUT2D eigenvalue weighted by Crippen LogP contribution is -2.55. The number of amides is 2. The summed E-state index contributed by atoms with van der Waals surface area (Å²) in [7, 11) is 0. The Morgan fingerprint density at radius 2 is 1.55 bits per heavy atom. The molecule has 1 fully saturated rings. The van der Waals surface area contributed by atoms with Crippen molar-refractivity contribution >= 4 is 12.2 Å². The third-order valence-electron chi connectivity index (χ3n) is 2.54. The van der Waals surface area contributed by atoms with Crippen molar-refractivity contribution in [2.24, 2.45) is 5.92 Å². The Balaban J connectivity index is 2.20. The van der Waals surface area contributed by atoms with Gasteiger partial charge in [0, 0.05) is 25.6 Å². The Bertz CT molecular complexity index is 360. The fourth-order valence-electron chi connectivity index (χ4n) is 1.72. The van der Waals surface area contributed by atoms with Crippen LogP contribution in [0.1, 0.15) is 41.5 Å². The molecule has 0 unspecified atom stereocenters. The number of nitrogens with one attached hydrogen (secondary N) is 1.